The lowest BCUT2D eigenvalue weighted by atomic mass is 10.2. The molecule has 1 atom stereocenters. The second-order valence-electron chi connectivity index (χ2n) is 5.12. The van der Waals surface area contributed by atoms with Gasteiger partial charge in [-0.3, -0.25) is 4.98 Å². The van der Waals surface area contributed by atoms with Crippen LogP contribution in [-0.2, 0) is 14.6 Å². The number of ether oxygens (including phenoxy) is 2. The molecule has 0 radical (unpaired) electrons. The summed E-state index contributed by atoms with van der Waals surface area (Å²) in [6.07, 6.45) is 3.62. The van der Waals surface area contributed by atoms with Gasteiger partial charge in [-0.1, -0.05) is 0 Å². The van der Waals surface area contributed by atoms with Crippen molar-refractivity contribution >= 4 is 15.8 Å². The smallest absolute Gasteiger partial charge is 0.338 e. The van der Waals surface area contributed by atoms with E-state index in [0.29, 0.717) is 17.1 Å². The Labute approximate surface area is 135 Å². The van der Waals surface area contributed by atoms with Crippen LogP contribution in [0.4, 0.5) is 0 Å². The van der Waals surface area contributed by atoms with Gasteiger partial charge in [-0.15, -0.1) is 0 Å². The molecule has 2 aromatic rings. The second-order valence-corrected chi connectivity index (χ2v) is 7.31. The summed E-state index contributed by atoms with van der Waals surface area (Å²) in [5.74, 6) is 0.360. The summed E-state index contributed by atoms with van der Waals surface area (Å²) in [5.41, 5.74) is 0.323. The molecule has 0 aliphatic carbocycles. The Balaban J connectivity index is 1.97. The third-order valence-electron chi connectivity index (χ3n) is 2.81. The summed E-state index contributed by atoms with van der Waals surface area (Å²) >= 11 is 0. The van der Waals surface area contributed by atoms with Crippen LogP contribution in [-0.4, -0.2) is 37.5 Å². The minimum Gasteiger partial charge on any atom is -0.458 e. The number of esters is 1. The number of hydrogen-bond donors (Lipinski definition) is 0. The molecule has 7 heteroatoms. The van der Waals surface area contributed by atoms with Crippen LogP contribution >= 0.6 is 0 Å². The van der Waals surface area contributed by atoms with Gasteiger partial charge in [0, 0.05) is 12.5 Å². The standard InChI is InChI=1S/C16H17NO5S/c1-12(11-23(2,19)20)21-16(18)13-5-7-14(8-6-13)22-15-4-3-9-17-10-15/h3-10,12H,11H2,1-2H3/t12-/m0/s1. The van der Waals surface area contributed by atoms with Gasteiger partial charge in [-0.05, 0) is 43.3 Å². The van der Waals surface area contributed by atoms with Crippen molar-refractivity contribution in [1.29, 1.82) is 0 Å². The quantitative estimate of drug-likeness (QED) is 0.754. The van der Waals surface area contributed by atoms with Crippen molar-refractivity contribution in [2.45, 2.75) is 13.0 Å². The van der Waals surface area contributed by atoms with E-state index in [1.54, 1.807) is 55.7 Å². The number of benzene rings is 1. The Morgan fingerprint density at radius 1 is 1.17 bits per heavy atom. The molecule has 1 aromatic carbocycles. The minimum absolute atomic E-state index is 0.207. The molecule has 0 N–H and O–H groups in total. The fraction of sp³-hybridized carbons (Fsp3) is 0.250. The number of sulfone groups is 1. The molecule has 0 unspecified atom stereocenters. The van der Waals surface area contributed by atoms with Gasteiger partial charge in [0.05, 0.1) is 17.5 Å². The highest BCUT2D eigenvalue weighted by Gasteiger charge is 2.16. The van der Waals surface area contributed by atoms with Crippen molar-refractivity contribution in [2.24, 2.45) is 0 Å². The van der Waals surface area contributed by atoms with E-state index in [4.69, 9.17) is 9.47 Å². The topological polar surface area (TPSA) is 82.6 Å². The van der Waals surface area contributed by atoms with Crippen LogP contribution in [0.15, 0.2) is 48.8 Å². The fourth-order valence-electron chi connectivity index (χ4n) is 1.91. The van der Waals surface area contributed by atoms with E-state index < -0.39 is 21.9 Å². The summed E-state index contributed by atoms with van der Waals surface area (Å²) in [5, 5.41) is 0. The van der Waals surface area contributed by atoms with E-state index in [0.717, 1.165) is 6.26 Å². The number of rotatable bonds is 6. The van der Waals surface area contributed by atoms with Gasteiger partial charge in [0.2, 0.25) is 0 Å². The van der Waals surface area contributed by atoms with Crippen molar-refractivity contribution in [3.05, 3.63) is 54.4 Å². The normalized spacial score (nSPS) is 12.4. The number of hydrogen-bond acceptors (Lipinski definition) is 6. The van der Waals surface area contributed by atoms with Crippen molar-refractivity contribution < 1.29 is 22.7 Å². The fourth-order valence-corrected chi connectivity index (χ4v) is 2.83. The monoisotopic (exact) mass is 335 g/mol. The molecule has 0 saturated carbocycles. The molecule has 1 aromatic heterocycles. The van der Waals surface area contributed by atoms with Gasteiger partial charge in [0.15, 0.2) is 9.84 Å². The Kier molecular flexibility index (Phi) is 5.33. The molecule has 122 valence electrons. The molecule has 6 nitrogen and oxygen atoms in total. The second kappa shape index (κ2) is 7.23. The highest BCUT2D eigenvalue weighted by atomic mass is 32.2. The first-order valence-electron chi connectivity index (χ1n) is 6.90. The molecular weight excluding hydrogens is 318 g/mol. The van der Waals surface area contributed by atoms with Gasteiger partial charge in [-0.2, -0.15) is 0 Å². The molecule has 0 amide bonds. The Morgan fingerprint density at radius 2 is 1.87 bits per heavy atom. The summed E-state index contributed by atoms with van der Waals surface area (Å²) in [6, 6.07) is 9.89. The van der Waals surface area contributed by atoms with Gasteiger partial charge < -0.3 is 9.47 Å². The van der Waals surface area contributed by atoms with Crippen molar-refractivity contribution in [1.82, 2.24) is 4.98 Å². The minimum atomic E-state index is -3.20. The van der Waals surface area contributed by atoms with Crippen LogP contribution < -0.4 is 4.74 Å². The van der Waals surface area contributed by atoms with E-state index in [1.165, 1.54) is 0 Å². The van der Waals surface area contributed by atoms with Crippen LogP contribution in [0.3, 0.4) is 0 Å². The molecular formula is C16H17NO5S. The van der Waals surface area contributed by atoms with E-state index >= 15 is 0 Å². The molecule has 2 rings (SSSR count). The number of aromatic nitrogens is 1. The molecule has 23 heavy (non-hydrogen) atoms. The summed E-state index contributed by atoms with van der Waals surface area (Å²) < 4.78 is 33.0. The largest absolute Gasteiger partial charge is 0.458 e. The maximum Gasteiger partial charge on any atom is 0.338 e. The van der Waals surface area contributed by atoms with Crippen molar-refractivity contribution in [3.63, 3.8) is 0 Å². The van der Waals surface area contributed by atoms with Crippen LogP contribution in [0.25, 0.3) is 0 Å². The Bertz CT molecular complexity index is 757. The first kappa shape index (κ1) is 17.0. The molecule has 0 saturated heterocycles. The number of carbonyl (C=O) groups excluding carboxylic acids is 1. The van der Waals surface area contributed by atoms with Gasteiger partial charge in [0.25, 0.3) is 0 Å². The Hall–Kier alpha value is -2.41. The lowest BCUT2D eigenvalue weighted by Crippen LogP contribution is -2.23. The van der Waals surface area contributed by atoms with E-state index in [1.807, 2.05) is 0 Å². The molecule has 1 heterocycles. The molecule has 0 fully saturated rings. The Morgan fingerprint density at radius 3 is 2.43 bits per heavy atom. The first-order valence-corrected chi connectivity index (χ1v) is 8.96. The zero-order valence-corrected chi connectivity index (χ0v) is 13.6. The third-order valence-corrected chi connectivity index (χ3v) is 3.88. The SMILES string of the molecule is C[C@@H](CS(C)(=O)=O)OC(=O)c1ccc(Oc2cccnc2)cc1. The van der Waals surface area contributed by atoms with Crippen LogP contribution in [0.5, 0.6) is 11.5 Å². The predicted molar refractivity (Wildman–Crippen MR) is 85.3 cm³/mol. The molecule has 0 aliphatic heterocycles. The lowest BCUT2D eigenvalue weighted by molar-refractivity contribution is 0.0384. The van der Waals surface area contributed by atoms with E-state index in [2.05, 4.69) is 4.98 Å². The number of carbonyl (C=O) groups is 1. The van der Waals surface area contributed by atoms with Gasteiger partial charge in [-0.25, -0.2) is 13.2 Å². The maximum atomic E-state index is 11.9. The molecule has 0 bridgehead atoms. The average molecular weight is 335 g/mol. The van der Waals surface area contributed by atoms with E-state index in [-0.39, 0.29) is 5.75 Å². The van der Waals surface area contributed by atoms with Crippen molar-refractivity contribution in [2.75, 3.05) is 12.0 Å². The summed E-state index contributed by atoms with van der Waals surface area (Å²) in [7, 11) is -3.20. The van der Waals surface area contributed by atoms with Crippen molar-refractivity contribution in [3.8, 4) is 11.5 Å². The highest BCUT2D eigenvalue weighted by Crippen LogP contribution is 2.20. The predicted octanol–water partition coefficient (Wildman–Crippen LogP) is 2.46. The van der Waals surface area contributed by atoms with Crippen LogP contribution in [0.1, 0.15) is 17.3 Å². The van der Waals surface area contributed by atoms with Crippen LogP contribution in [0.2, 0.25) is 0 Å². The average Bonchev–Trinajstić information content (AvgIpc) is 2.47. The van der Waals surface area contributed by atoms with Crippen LogP contribution in [0, 0.1) is 0 Å². The van der Waals surface area contributed by atoms with Gasteiger partial charge in [0.1, 0.15) is 17.6 Å². The van der Waals surface area contributed by atoms with E-state index in [9.17, 15) is 13.2 Å². The highest BCUT2D eigenvalue weighted by molar-refractivity contribution is 7.90. The maximum absolute atomic E-state index is 11.9. The summed E-state index contributed by atoms with van der Waals surface area (Å²) in [4.78, 5) is 15.9. The number of pyridine rings is 1. The summed E-state index contributed by atoms with van der Waals surface area (Å²) in [6.45, 7) is 1.54. The first-order chi connectivity index (χ1) is 10.8. The van der Waals surface area contributed by atoms with Gasteiger partial charge >= 0.3 is 5.97 Å². The molecule has 0 aliphatic rings. The zero-order chi connectivity index (χ0) is 16.9. The lowest BCUT2D eigenvalue weighted by Gasteiger charge is -2.12. The third kappa shape index (κ3) is 5.71. The zero-order valence-electron chi connectivity index (χ0n) is 12.8. The molecule has 0 spiro atoms. The number of nitrogens with zero attached hydrogens (tertiary/aromatic N) is 1.